The molecule has 2 aliphatic heterocycles. The highest BCUT2D eigenvalue weighted by Crippen LogP contribution is 2.30. The van der Waals surface area contributed by atoms with Crippen molar-refractivity contribution in [3.05, 3.63) is 0 Å². The van der Waals surface area contributed by atoms with Crippen molar-refractivity contribution in [1.82, 2.24) is 9.80 Å². The summed E-state index contributed by atoms with van der Waals surface area (Å²) in [7, 11) is 0. The largest absolute Gasteiger partial charge is 0.391 e. The number of aliphatic hydroxyl groups excluding tert-OH is 1. The number of nitrogens with zero attached hydrogens (tertiary/aromatic N) is 2. The van der Waals surface area contributed by atoms with E-state index in [1.54, 1.807) is 0 Å². The first-order chi connectivity index (χ1) is 6.15. The molecule has 2 amide bonds. The number of aliphatic hydroxyl groups is 1. The highest BCUT2D eigenvalue weighted by atomic mass is 16.3. The quantitative estimate of drug-likeness (QED) is 0.635. The number of carbonyl (C=O) groups is 1. The predicted octanol–water partition coefficient (Wildman–Crippen LogP) is 0.266. The van der Waals surface area contributed by atoms with Crippen molar-refractivity contribution in [1.29, 1.82) is 0 Å². The Balaban J connectivity index is 2.16. The number of hydrogen-bond donors (Lipinski definition) is 1. The minimum Gasteiger partial charge on any atom is -0.391 e. The van der Waals surface area contributed by atoms with Crippen LogP contribution < -0.4 is 0 Å². The Morgan fingerprint density at radius 1 is 1.62 bits per heavy atom. The van der Waals surface area contributed by atoms with Crippen LogP contribution in [-0.2, 0) is 0 Å². The van der Waals surface area contributed by atoms with E-state index in [4.69, 9.17) is 0 Å². The fourth-order valence-electron chi connectivity index (χ4n) is 2.36. The molecule has 0 unspecified atom stereocenters. The lowest BCUT2D eigenvalue weighted by Crippen LogP contribution is -2.39. The summed E-state index contributed by atoms with van der Waals surface area (Å²) in [5.74, 6) is 0. The van der Waals surface area contributed by atoms with Gasteiger partial charge in [-0.3, -0.25) is 0 Å². The Morgan fingerprint density at radius 2 is 2.31 bits per heavy atom. The van der Waals surface area contributed by atoms with Gasteiger partial charge in [-0.2, -0.15) is 0 Å². The highest BCUT2D eigenvalue weighted by Gasteiger charge is 2.47. The molecule has 0 aliphatic carbocycles. The molecule has 0 spiro atoms. The Bertz CT molecular complexity index is 232. The first-order valence-corrected chi connectivity index (χ1v) is 4.90. The number of hydrogen-bond acceptors (Lipinski definition) is 2. The van der Waals surface area contributed by atoms with Crippen molar-refractivity contribution in [3.8, 4) is 0 Å². The van der Waals surface area contributed by atoms with E-state index in [9.17, 15) is 9.90 Å². The van der Waals surface area contributed by atoms with Gasteiger partial charge in [0.25, 0.3) is 0 Å². The SMILES string of the molecule is CCN1C[C@@H]2C[C@@H](O)[C@@H](C)N2C1=O. The molecule has 4 heteroatoms. The van der Waals surface area contributed by atoms with Gasteiger partial charge in [0, 0.05) is 13.1 Å². The molecule has 4 nitrogen and oxygen atoms in total. The monoisotopic (exact) mass is 184 g/mol. The van der Waals surface area contributed by atoms with E-state index in [1.165, 1.54) is 0 Å². The van der Waals surface area contributed by atoms with Gasteiger partial charge in [0.1, 0.15) is 0 Å². The first-order valence-electron chi connectivity index (χ1n) is 4.90. The summed E-state index contributed by atoms with van der Waals surface area (Å²) < 4.78 is 0. The molecule has 2 rings (SSSR count). The van der Waals surface area contributed by atoms with Crippen LogP contribution in [-0.4, -0.2) is 52.2 Å². The number of amides is 2. The second-order valence-corrected chi connectivity index (χ2v) is 3.93. The van der Waals surface area contributed by atoms with Crippen LogP contribution in [0.15, 0.2) is 0 Å². The Morgan fingerprint density at radius 3 is 2.85 bits per heavy atom. The standard InChI is InChI=1S/C9H16N2O2/c1-3-10-5-7-4-8(12)6(2)11(7)9(10)13/h6-8,12H,3-5H2,1-2H3/t6-,7+,8-/m1/s1. The Hall–Kier alpha value is -0.770. The second kappa shape index (κ2) is 2.87. The van der Waals surface area contributed by atoms with Crippen LogP contribution >= 0.6 is 0 Å². The molecular formula is C9H16N2O2. The van der Waals surface area contributed by atoms with Gasteiger partial charge in [-0.25, -0.2) is 4.79 Å². The number of fused-ring (bicyclic) bond motifs is 1. The van der Waals surface area contributed by atoms with Gasteiger partial charge in [-0.1, -0.05) is 0 Å². The van der Waals surface area contributed by atoms with Crippen molar-refractivity contribution in [3.63, 3.8) is 0 Å². The molecule has 13 heavy (non-hydrogen) atoms. The van der Waals surface area contributed by atoms with Gasteiger partial charge in [-0.15, -0.1) is 0 Å². The number of likely N-dealkylation sites (N-methyl/N-ethyl adjacent to an activating group) is 1. The molecule has 2 aliphatic rings. The summed E-state index contributed by atoms with van der Waals surface area (Å²) in [6.07, 6.45) is 0.414. The van der Waals surface area contributed by atoms with Gasteiger partial charge >= 0.3 is 6.03 Å². The van der Waals surface area contributed by atoms with Gasteiger partial charge in [0.15, 0.2) is 0 Å². The van der Waals surface area contributed by atoms with Crippen molar-refractivity contribution in [2.45, 2.75) is 38.5 Å². The van der Waals surface area contributed by atoms with E-state index in [1.807, 2.05) is 23.6 Å². The van der Waals surface area contributed by atoms with Crippen molar-refractivity contribution in [2.24, 2.45) is 0 Å². The van der Waals surface area contributed by atoms with Gasteiger partial charge in [-0.05, 0) is 20.3 Å². The molecule has 0 bridgehead atoms. The molecule has 0 aromatic carbocycles. The van der Waals surface area contributed by atoms with Gasteiger partial charge in [0.2, 0.25) is 0 Å². The average Bonchev–Trinajstić information content (AvgIpc) is 2.54. The van der Waals surface area contributed by atoms with Gasteiger partial charge < -0.3 is 14.9 Å². The third-order valence-electron chi connectivity index (χ3n) is 3.21. The van der Waals surface area contributed by atoms with E-state index in [2.05, 4.69) is 0 Å². The zero-order valence-electron chi connectivity index (χ0n) is 8.10. The van der Waals surface area contributed by atoms with E-state index in [0.29, 0.717) is 0 Å². The molecule has 2 saturated heterocycles. The summed E-state index contributed by atoms with van der Waals surface area (Å²) in [6, 6.07) is 0.336. The fourth-order valence-corrected chi connectivity index (χ4v) is 2.36. The zero-order chi connectivity index (χ0) is 9.59. The second-order valence-electron chi connectivity index (χ2n) is 3.93. The maximum absolute atomic E-state index is 11.7. The summed E-state index contributed by atoms with van der Waals surface area (Å²) in [5.41, 5.74) is 0. The maximum atomic E-state index is 11.7. The van der Waals surface area contributed by atoms with Crippen LogP contribution in [0.25, 0.3) is 0 Å². The van der Waals surface area contributed by atoms with Crippen molar-refractivity contribution >= 4 is 6.03 Å². The van der Waals surface area contributed by atoms with Crippen LogP contribution in [0.3, 0.4) is 0 Å². The van der Waals surface area contributed by atoms with Crippen LogP contribution in [0.5, 0.6) is 0 Å². The zero-order valence-corrected chi connectivity index (χ0v) is 8.10. The van der Waals surface area contributed by atoms with E-state index >= 15 is 0 Å². The van der Waals surface area contributed by atoms with E-state index < -0.39 is 0 Å². The predicted molar refractivity (Wildman–Crippen MR) is 48.4 cm³/mol. The fraction of sp³-hybridized carbons (Fsp3) is 0.889. The number of urea groups is 1. The summed E-state index contributed by atoms with van der Waals surface area (Å²) in [4.78, 5) is 15.4. The number of carbonyl (C=O) groups excluding carboxylic acids is 1. The molecule has 74 valence electrons. The summed E-state index contributed by atoms with van der Waals surface area (Å²) >= 11 is 0. The molecular weight excluding hydrogens is 168 g/mol. The molecule has 0 saturated carbocycles. The lowest BCUT2D eigenvalue weighted by atomic mass is 10.1. The number of rotatable bonds is 1. The Labute approximate surface area is 78.1 Å². The average molecular weight is 184 g/mol. The van der Waals surface area contributed by atoms with Gasteiger partial charge in [0.05, 0.1) is 18.2 Å². The lowest BCUT2D eigenvalue weighted by Gasteiger charge is -2.22. The maximum Gasteiger partial charge on any atom is 0.320 e. The first kappa shape index (κ1) is 8.81. The minimum atomic E-state index is -0.326. The summed E-state index contributed by atoms with van der Waals surface area (Å²) in [5, 5.41) is 9.57. The highest BCUT2D eigenvalue weighted by molar-refractivity contribution is 5.78. The normalized spacial score (nSPS) is 38.7. The molecule has 0 aromatic heterocycles. The van der Waals surface area contributed by atoms with E-state index in [-0.39, 0.29) is 24.2 Å². The molecule has 0 radical (unpaired) electrons. The van der Waals surface area contributed by atoms with Crippen LogP contribution in [0.1, 0.15) is 20.3 Å². The third kappa shape index (κ3) is 1.12. The van der Waals surface area contributed by atoms with Crippen LogP contribution in [0.2, 0.25) is 0 Å². The smallest absolute Gasteiger partial charge is 0.320 e. The minimum absolute atomic E-state index is 0.00551. The van der Waals surface area contributed by atoms with Crippen molar-refractivity contribution in [2.75, 3.05) is 13.1 Å². The van der Waals surface area contributed by atoms with Crippen molar-refractivity contribution < 1.29 is 9.90 Å². The molecule has 0 aromatic rings. The molecule has 2 fully saturated rings. The van der Waals surface area contributed by atoms with Crippen LogP contribution in [0.4, 0.5) is 4.79 Å². The topological polar surface area (TPSA) is 43.8 Å². The molecule has 3 atom stereocenters. The molecule has 2 heterocycles. The summed E-state index contributed by atoms with van der Waals surface area (Å²) in [6.45, 7) is 5.47. The Kier molecular flexibility index (Phi) is 1.95. The lowest BCUT2D eigenvalue weighted by molar-refractivity contribution is 0.125. The van der Waals surface area contributed by atoms with Crippen LogP contribution in [0, 0.1) is 0 Å². The molecule has 1 N–H and O–H groups in total. The third-order valence-corrected chi connectivity index (χ3v) is 3.21. The van der Waals surface area contributed by atoms with E-state index in [0.717, 1.165) is 19.5 Å².